The normalized spacial score (nSPS) is 11.5. The molecule has 0 aliphatic heterocycles. The summed E-state index contributed by atoms with van der Waals surface area (Å²) in [4.78, 5) is 0. The Bertz CT molecular complexity index is 441. The Morgan fingerprint density at radius 3 is 2.57 bits per heavy atom. The van der Waals surface area contributed by atoms with Gasteiger partial charge in [0.2, 0.25) is 0 Å². The molecule has 0 atom stereocenters. The third kappa shape index (κ3) is 6.21. The molecular weight excluding hydrogens is 262 g/mol. The van der Waals surface area contributed by atoms with Gasteiger partial charge in [0.25, 0.3) is 0 Å². The lowest BCUT2D eigenvalue weighted by Crippen LogP contribution is -2.17. The molecule has 1 aromatic rings. The van der Waals surface area contributed by atoms with Crippen LogP contribution in [0.3, 0.4) is 0 Å². The maximum absolute atomic E-state index is 5.68. The summed E-state index contributed by atoms with van der Waals surface area (Å²) >= 11 is 0. The molecule has 0 saturated heterocycles. The molecule has 0 aliphatic carbocycles. The number of methoxy groups -OCH3 is 1. The van der Waals surface area contributed by atoms with Crippen LogP contribution in [0.5, 0.6) is 11.5 Å². The van der Waals surface area contributed by atoms with E-state index in [4.69, 9.17) is 9.47 Å². The molecule has 1 N–H and O–H groups in total. The Morgan fingerprint density at radius 2 is 1.95 bits per heavy atom. The van der Waals surface area contributed by atoms with E-state index in [2.05, 4.69) is 38.2 Å². The number of hydrogen-bond donors (Lipinski definition) is 1. The summed E-state index contributed by atoms with van der Waals surface area (Å²) in [6, 6.07) is 6.12. The van der Waals surface area contributed by atoms with Crippen LogP contribution in [0.25, 0.3) is 6.08 Å². The second kappa shape index (κ2) is 10.3. The van der Waals surface area contributed by atoms with Crippen LogP contribution >= 0.6 is 0 Å². The van der Waals surface area contributed by atoms with Crippen LogP contribution in [0, 0.1) is 0 Å². The molecule has 0 unspecified atom stereocenters. The molecule has 1 aromatic carbocycles. The Kier molecular flexibility index (Phi) is 8.60. The van der Waals surface area contributed by atoms with Crippen molar-refractivity contribution in [2.24, 2.45) is 0 Å². The molecule has 1 rings (SSSR count). The Labute approximate surface area is 129 Å². The molecule has 118 valence electrons. The van der Waals surface area contributed by atoms with Crippen LogP contribution in [-0.2, 0) is 0 Å². The van der Waals surface area contributed by atoms with Crippen LogP contribution in [0.1, 0.15) is 45.6 Å². The van der Waals surface area contributed by atoms with Crippen molar-refractivity contribution in [1.82, 2.24) is 5.32 Å². The molecule has 21 heavy (non-hydrogen) atoms. The molecule has 3 heteroatoms. The van der Waals surface area contributed by atoms with E-state index in [9.17, 15) is 0 Å². The van der Waals surface area contributed by atoms with Crippen molar-refractivity contribution in [2.45, 2.75) is 40.0 Å². The van der Waals surface area contributed by atoms with Crippen LogP contribution in [0.4, 0.5) is 0 Å². The van der Waals surface area contributed by atoms with Crippen molar-refractivity contribution < 1.29 is 9.47 Å². The quantitative estimate of drug-likeness (QED) is 0.653. The lowest BCUT2D eigenvalue weighted by atomic mass is 10.1. The van der Waals surface area contributed by atoms with Crippen LogP contribution in [0.15, 0.2) is 23.8 Å². The van der Waals surface area contributed by atoms with Gasteiger partial charge in [-0.1, -0.05) is 38.5 Å². The van der Waals surface area contributed by atoms with Gasteiger partial charge in [-0.05, 0) is 43.5 Å². The van der Waals surface area contributed by atoms with E-state index in [0.29, 0.717) is 6.61 Å². The molecule has 0 fully saturated rings. The smallest absolute Gasteiger partial charge is 0.161 e. The van der Waals surface area contributed by atoms with Gasteiger partial charge in [0, 0.05) is 6.54 Å². The summed E-state index contributed by atoms with van der Waals surface area (Å²) in [5.41, 5.74) is 2.55. The number of hydrogen-bond acceptors (Lipinski definition) is 3. The summed E-state index contributed by atoms with van der Waals surface area (Å²) in [6.07, 6.45) is 5.43. The van der Waals surface area contributed by atoms with Gasteiger partial charge in [-0.25, -0.2) is 0 Å². The minimum absolute atomic E-state index is 0.715. The standard InChI is InChI=1S/C18H29NO2/c1-5-10-19-14-15(7-3)12-16-8-9-17(21-11-6-2)18(13-16)20-4/h8-9,12-13,19H,5-7,10-11,14H2,1-4H3. The van der Waals surface area contributed by atoms with E-state index in [1.165, 1.54) is 5.57 Å². The highest BCUT2D eigenvalue weighted by atomic mass is 16.5. The fourth-order valence-electron chi connectivity index (χ4n) is 2.04. The number of rotatable bonds is 10. The zero-order valence-electron chi connectivity index (χ0n) is 13.9. The van der Waals surface area contributed by atoms with E-state index in [1.807, 2.05) is 12.1 Å². The van der Waals surface area contributed by atoms with E-state index in [-0.39, 0.29) is 0 Å². The third-order valence-electron chi connectivity index (χ3n) is 3.25. The zero-order valence-corrected chi connectivity index (χ0v) is 13.9. The second-order valence-corrected chi connectivity index (χ2v) is 5.09. The highest BCUT2D eigenvalue weighted by Crippen LogP contribution is 2.29. The highest BCUT2D eigenvalue weighted by molar-refractivity contribution is 5.58. The van der Waals surface area contributed by atoms with Crippen molar-refractivity contribution in [3.8, 4) is 11.5 Å². The van der Waals surface area contributed by atoms with Crippen molar-refractivity contribution in [3.63, 3.8) is 0 Å². The van der Waals surface area contributed by atoms with Gasteiger partial charge >= 0.3 is 0 Å². The van der Waals surface area contributed by atoms with E-state index < -0.39 is 0 Å². The molecule has 0 amide bonds. The first kappa shape index (κ1) is 17.6. The SMILES string of the molecule is CCCNCC(=Cc1ccc(OCCC)c(OC)c1)CC. The lowest BCUT2D eigenvalue weighted by Gasteiger charge is -2.11. The van der Waals surface area contributed by atoms with Gasteiger partial charge in [-0.2, -0.15) is 0 Å². The van der Waals surface area contributed by atoms with E-state index in [0.717, 1.165) is 49.4 Å². The fraction of sp³-hybridized carbons (Fsp3) is 0.556. The molecule has 3 nitrogen and oxygen atoms in total. The summed E-state index contributed by atoms with van der Waals surface area (Å²) in [5, 5.41) is 3.45. The van der Waals surface area contributed by atoms with Gasteiger partial charge in [0.15, 0.2) is 11.5 Å². The van der Waals surface area contributed by atoms with Gasteiger partial charge in [-0.3, -0.25) is 0 Å². The molecule has 0 heterocycles. The van der Waals surface area contributed by atoms with Gasteiger partial charge < -0.3 is 14.8 Å². The predicted octanol–water partition coefficient (Wildman–Crippen LogP) is 4.28. The molecule has 0 aromatic heterocycles. The summed E-state index contributed by atoms with van der Waals surface area (Å²) < 4.78 is 11.1. The molecular formula is C18H29NO2. The van der Waals surface area contributed by atoms with Gasteiger partial charge in [0.05, 0.1) is 13.7 Å². The van der Waals surface area contributed by atoms with Crippen LogP contribution in [-0.4, -0.2) is 26.8 Å². The van der Waals surface area contributed by atoms with Crippen molar-refractivity contribution in [1.29, 1.82) is 0 Å². The van der Waals surface area contributed by atoms with E-state index >= 15 is 0 Å². The number of ether oxygens (including phenoxy) is 2. The summed E-state index contributed by atoms with van der Waals surface area (Å²) in [5.74, 6) is 1.62. The first-order valence-corrected chi connectivity index (χ1v) is 7.96. The molecule has 0 saturated carbocycles. The molecule has 0 spiro atoms. The Balaban J connectivity index is 2.81. The molecule has 0 radical (unpaired) electrons. The summed E-state index contributed by atoms with van der Waals surface area (Å²) in [7, 11) is 1.69. The first-order valence-electron chi connectivity index (χ1n) is 7.96. The first-order chi connectivity index (χ1) is 10.2. The maximum Gasteiger partial charge on any atom is 0.161 e. The van der Waals surface area contributed by atoms with Gasteiger partial charge in [0.1, 0.15) is 0 Å². The number of nitrogens with one attached hydrogen (secondary N) is 1. The monoisotopic (exact) mass is 291 g/mol. The minimum atomic E-state index is 0.715. The van der Waals surface area contributed by atoms with Crippen molar-refractivity contribution in [3.05, 3.63) is 29.3 Å². The topological polar surface area (TPSA) is 30.5 Å². The van der Waals surface area contributed by atoms with Crippen LogP contribution < -0.4 is 14.8 Å². The minimum Gasteiger partial charge on any atom is -0.493 e. The predicted molar refractivity (Wildman–Crippen MR) is 90.2 cm³/mol. The lowest BCUT2D eigenvalue weighted by molar-refractivity contribution is 0.294. The maximum atomic E-state index is 5.68. The highest BCUT2D eigenvalue weighted by Gasteiger charge is 2.05. The fourth-order valence-corrected chi connectivity index (χ4v) is 2.04. The van der Waals surface area contributed by atoms with E-state index in [1.54, 1.807) is 7.11 Å². The molecule has 0 aliphatic rings. The average Bonchev–Trinajstić information content (AvgIpc) is 2.52. The third-order valence-corrected chi connectivity index (χ3v) is 3.25. The van der Waals surface area contributed by atoms with Crippen molar-refractivity contribution >= 4 is 6.08 Å². The van der Waals surface area contributed by atoms with Gasteiger partial charge in [-0.15, -0.1) is 0 Å². The van der Waals surface area contributed by atoms with Crippen molar-refractivity contribution in [2.75, 3.05) is 26.8 Å². The van der Waals surface area contributed by atoms with Crippen LogP contribution in [0.2, 0.25) is 0 Å². The Morgan fingerprint density at radius 1 is 1.14 bits per heavy atom. The zero-order chi connectivity index (χ0) is 15.5. The summed E-state index contributed by atoms with van der Waals surface area (Å²) in [6.45, 7) is 9.19. The Hall–Kier alpha value is -1.48. The average molecular weight is 291 g/mol. The largest absolute Gasteiger partial charge is 0.493 e. The number of benzene rings is 1. The molecule has 0 bridgehead atoms. The second-order valence-electron chi connectivity index (χ2n) is 5.09.